The third-order valence-electron chi connectivity index (χ3n) is 3.42. The van der Waals surface area contributed by atoms with E-state index in [0.717, 1.165) is 24.8 Å². The summed E-state index contributed by atoms with van der Waals surface area (Å²) in [6, 6.07) is 7.62. The molecule has 1 aromatic rings. The summed E-state index contributed by atoms with van der Waals surface area (Å²) in [5.41, 5.74) is 6.94. The van der Waals surface area contributed by atoms with Crippen LogP contribution in [0.2, 0.25) is 5.02 Å². The van der Waals surface area contributed by atoms with Crippen LogP contribution in [-0.2, 0) is 11.2 Å². The summed E-state index contributed by atoms with van der Waals surface area (Å²) >= 11 is 5.89. The van der Waals surface area contributed by atoms with Gasteiger partial charge in [-0.1, -0.05) is 36.6 Å². The Labute approximate surface area is 113 Å². The fraction of sp³-hybridized carbons (Fsp3) is 0.500. The highest BCUT2D eigenvalue weighted by Gasteiger charge is 2.23. The Hall–Kier alpha value is -1.06. The third-order valence-corrected chi connectivity index (χ3v) is 3.65. The van der Waals surface area contributed by atoms with Gasteiger partial charge in [-0.2, -0.15) is 0 Å². The highest BCUT2D eigenvalue weighted by molar-refractivity contribution is 6.30. The molecule has 1 aliphatic carbocycles. The van der Waals surface area contributed by atoms with Crippen LogP contribution in [0.1, 0.15) is 31.2 Å². The average Bonchev–Trinajstić information content (AvgIpc) is 2.32. The zero-order valence-corrected chi connectivity index (χ0v) is 11.1. The van der Waals surface area contributed by atoms with Crippen LogP contribution in [0.25, 0.3) is 0 Å². The SMILES string of the molecule is NC1CCCCC1NC(=O)Cc1cccc(Cl)c1. The summed E-state index contributed by atoms with van der Waals surface area (Å²) < 4.78 is 0. The van der Waals surface area contributed by atoms with Gasteiger partial charge in [0.15, 0.2) is 0 Å². The van der Waals surface area contributed by atoms with E-state index in [0.29, 0.717) is 11.4 Å². The minimum atomic E-state index is 0.0274. The van der Waals surface area contributed by atoms with Gasteiger partial charge in [0.1, 0.15) is 0 Å². The summed E-state index contributed by atoms with van der Waals surface area (Å²) in [6.07, 6.45) is 4.67. The van der Waals surface area contributed by atoms with Crippen molar-refractivity contribution in [3.63, 3.8) is 0 Å². The largest absolute Gasteiger partial charge is 0.352 e. The van der Waals surface area contributed by atoms with Crippen molar-refractivity contribution in [1.82, 2.24) is 5.32 Å². The van der Waals surface area contributed by atoms with E-state index in [1.807, 2.05) is 18.2 Å². The van der Waals surface area contributed by atoms with Crippen LogP contribution < -0.4 is 11.1 Å². The molecular formula is C14H19ClN2O. The van der Waals surface area contributed by atoms with Gasteiger partial charge in [-0.25, -0.2) is 0 Å². The third kappa shape index (κ3) is 3.72. The number of amides is 1. The molecule has 0 aromatic heterocycles. The van der Waals surface area contributed by atoms with Gasteiger partial charge in [-0.3, -0.25) is 4.79 Å². The molecule has 1 aliphatic rings. The molecule has 3 N–H and O–H groups in total. The van der Waals surface area contributed by atoms with Crippen LogP contribution in [0, 0.1) is 0 Å². The highest BCUT2D eigenvalue weighted by Crippen LogP contribution is 2.17. The van der Waals surface area contributed by atoms with E-state index in [4.69, 9.17) is 17.3 Å². The number of hydrogen-bond acceptors (Lipinski definition) is 2. The molecule has 0 radical (unpaired) electrons. The normalized spacial score (nSPS) is 23.7. The second-order valence-corrected chi connectivity index (χ2v) is 5.37. The van der Waals surface area contributed by atoms with Gasteiger partial charge in [-0.05, 0) is 30.5 Å². The lowest BCUT2D eigenvalue weighted by molar-refractivity contribution is -0.121. The molecule has 18 heavy (non-hydrogen) atoms. The lowest BCUT2D eigenvalue weighted by Crippen LogP contribution is -2.49. The van der Waals surface area contributed by atoms with E-state index >= 15 is 0 Å². The molecule has 0 saturated heterocycles. The van der Waals surface area contributed by atoms with Crippen LogP contribution in [0.3, 0.4) is 0 Å². The summed E-state index contributed by atoms with van der Waals surface area (Å²) in [5, 5.41) is 3.69. The number of benzene rings is 1. The molecule has 2 unspecified atom stereocenters. The summed E-state index contributed by atoms with van der Waals surface area (Å²) in [5.74, 6) is 0.0274. The molecule has 4 heteroatoms. The first-order chi connectivity index (χ1) is 8.65. The van der Waals surface area contributed by atoms with E-state index in [2.05, 4.69) is 5.32 Å². The number of hydrogen-bond donors (Lipinski definition) is 2. The van der Waals surface area contributed by atoms with E-state index in [1.165, 1.54) is 6.42 Å². The van der Waals surface area contributed by atoms with E-state index in [1.54, 1.807) is 6.07 Å². The second-order valence-electron chi connectivity index (χ2n) is 4.93. The lowest BCUT2D eigenvalue weighted by atomic mass is 9.91. The van der Waals surface area contributed by atoms with Gasteiger partial charge in [0.2, 0.25) is 5.91 Å². The predicted octanol–water partition coefficient (Wildman–Crippen LogP) is 2.27. The first-order valence-corrected chi connectivity index (χ1v) is 6.82. The topological polar surface area (TPSA) is 55.1 Å². The van der Waals surface area contributed by atoms with Crippen molar-refractivity contribution in [2.75, 3.05) is 0 Å². The summed E-state index contributed by atoms with van der Waals surface area (Å²) in [7, 11) is 0. The van der Waals surface area contributed by atoms with Crippen molar-refractivity contribution in [3.05, 3.63) is 34.9 Å². The molecule has 1 amide bonds. The van der Waals surface area contributed by atoms with Gasteiger partial charge in [-0.15, -0.1) is 0 Å². The fourth-order valence-electron chi connectivity index (χ4n) is 2.43. The molecule has 0 bridgehead atoms. The van der Waals surface area contributed by atoms with Crippen molar-refractivity contribution < 1.29 is 4.79 Å². The highest BCUT2D eigenvalue weighted by atomic mass is 35.5. The Kier molecular flexibility index (Phi) is 4.61. The molecule has 1 aromatic carbocycles. The number of nitrogens with two attached hydrogens (primary N) is 1. The Bertz CT molecular complexity index is 422. The lowest BCUT2D eigenvalue weighted by Gasteiger charge is -2.29. The molecule has 0 heterocycles. The zero-order chi connectivity index (χ0) is 13.0. The van der Waals surface area contributed by atoms with Crippen molar-refractivity contribution in [2.45, 2.75) is 44.2 Å². The smallest absolute Gasteiger partial charge is 0.224 e. The maximum Gasteiger partial charge on any atom is 0.224 e. The Morgan fingerprint density at radius 1 is 1.39 bits per heavy atom. The van der Waals surface area contributed by atoms with Crippen molar-refractivity contribution in [1.29, 1.82) is 0 Å². The number of nitrogens with one attached hydrogen (secondary N) is 1. The maximum absolute atomic E-state index is 11.9. The van der Waals surface area contributed by atoms with Gasteiger partial charge in [0.25, 0.3) is 0 Å². The minimum absolute atomic E-state index is 0.0274. The quantitative estimate of drug-likeness (QED) is 0.882. The molecule has 2 rings (SSSR count). The van der Waals surface area contributed by atoms with Gasteiger partial charge < -0.3 is 11.1 Å². The van der Waals surface area contributed by atoms with Crippen LogP contribution in [0.4, 0.5) is 0 Å². The van der Waals surface area contributed by atoms with Crippen LogP contribution in [0.5, 0.6) is 0 Å². The van der Waals surface area contributed by atoms with E-state index in [-0.39, 0.29) is 18.0 Å². The maximum atomic E-state index is 11.9. The zero-order valence-electron chi connectivity index (χ0n) is 10.4. The van der Waals surface area contributed by atoms with E-state index < -0.39 is 0 Å². The number of rotatable bonds is 3. The standard InChI is InChI=1S/C14H19ClN2O/c15-11-5-3-4-10(8-11)9-14(18)17-13-7-2-1-6-12(13)16/h3-5,8,12-13H,1-2,6-7,9,16H2,(H,17,18). The minimum Gasteiger partial charge on any atom is -0.352 e. The monoisotopic (exact) mass is 266 g/mol. The van der Waals surface area contributed by atoms with Gasteiger partial charge in [0, 0.05) is 17.1 Å². The first kappa shape index (κ1) is 13.4. The fourth-order valence-corrected chi connectivity index (χ4v) is 2.64. The summed E-state index contributed by atoms with van der Waals surface area (Å²) in [6.45, 7) is 0. The van der Waals surface area contributed by atoms with Crippen LogP contribution >= 0.6 is 11.6 Å². The average molecular weight is 267 g/mol. The number of halogens is 1. The number of carbonyl (C=O) groups excluding carboxylic acids is 1. The Morgan fingerprint density at radius 2 is 2.17 bits per heavy atom. The number of carbonyl (C=O) groups is 1. The van der Waals surface area contributed by atoms with Gasteiger partial charge >= 0.3 is 0 Å². The first-order valence-electron chi connectivity index (χ1n) is 6.44. The predicted molar refractivity (Wildman–Crippen MR) is 73.5 cm³/mol. The molecule has 3 nitrogen and oxygen atoms in total. The Morgan fingerprint density at radius 3 is 2.89 bits per heavy atom. The molecule has 0 spiro atoms. The van der Waals surface area contributed by atoms with E-state index in [9.17, 15) is 4.79 Å². The van der Waals surface area contributed by atoms with Crippen LogP contribution in [-0.4, -0.2) is 18.0 Å². The Balaban J connectivity index is 1.88. The molecule has 1 fully saturated rings. The molecular weight excluding hydrogens is 248 g/mol. The van der Waals surface area contributed by atoms with Crippen molar-refractivity contribution >= 4 is 17.5 Å². The van der Waals surface area contributed by atoms with Gasteiger partial charge in [0.05, 0.1) is 6.42 Å². The molecule has 0 aliphatic heterocycles. The molecule has 1 saturated carbocycles. The van der Waals surface area contributed by atoms with Crippen molar-refractivity contribution in [3.8, 4) is 0 Å². The summed E-state index contributed by atoms with van der Waals surface area (Å²) in [4.78, 5) is 11.9. The molecule has 98 valence electrons. The second kappa shape index (κ2) is 6.21. The van der Waals surface area contributed by atoms with Crippen LogP contribution in [0.15, 0.2) is 24.3 Å². The van der Waals surface area contributed by atoms with Crippen molar-refractivity contribution in [2.24, 2.45) is 5.73 Å². The molecule has 2 atom stereocenters.